The second-order valence-corrected chi connectivity index (χ2v) is 4.09. The van der Waals surface area contributed by atoms with E-state index in [-0.39, 0.29) is 5.91 Å². The number of hydrogen-bond acceptors (Lipinski definition) is 3. The van der Waals surface area contributed by atoms with E-state index in [1.165, 1.54) is 0 Å². The minimum atomic E-state index is -0.433. The van der Waals surface area contributed by atoms with Crippen molar-refractivity contribution in [2.75, 3.05) is 0 Å². The topological polar surface area (TPSA) is 61.4 Å². The zero-order valence-corrected chi connectivity index (χ0v) is 8.92. The average molecular weight is 198 g/mol. The predicted molar refractivity (Wildman–Crippen MR) is 56.8 cm³/mol. The molecule has 0 aromatic heterocycles. The molecule has 0 bridgehead atoms. The van der Waals surface area contributed by atoms with E-state index in [0.29, 0.717) is 12.1 Å². The fourth-order valence-corrected chi connectivity index (χ4v) is 2.03. The van der Waals surface area contributed by atoms with Crippen LogP contribution in [0.5, 0.6) is 0 Å². The van der Waals surface area contributed by atoms with Gasteiger partial charge in [0.15, 0.2) is 0 Å². The van der Waals surface area contributed by atoms with Crippen molar-refractivity contribution in [1.29, 1.82) is 0 Å². The zero-order chi connectivity index (χ0) is 10.6. The highest BCUT2D eigenvalue weighted by Gasteiger charge is 2.22. The third-order valence-electron chi connectivity index (χ3n) is 2.61. The molecule has 1 fully saturated rings. The Balaban J connectivity index is 2.21. The summed E-state index contributed by atoms with van der Waals surface area (Å²) in [7, 11) is -0.433. The molecule has 0 radical (unpaired) electrons. The summed E-state index contributed by atoms with van der Waals surface area (Å²) < 4.78 is 0. The van der Waals surface area contributed by atoms with Crippen molar-refractivity contribution >= 4 is 13.0 Å². The Hall–Kier alpha value is -0.545. The van der Waals surface area contributed by atoms with Gasteiger partial charge in [0.2, 0.25) is 5.91 Å². The highest BCUT2D eigenvalue weighted by Crippen LogP contribution is 2.18. The Bertz CT molecular complexity index is 191. The summed E-state index contributed by atoms with van der Waals surface area (Å²) >= 11 is 0. The van der Waals surface area contributed by atoms with E-state index in [2.05, 4.69) is 10.5 Å². The number of rotatable bonds is 3. The monoisotopic (exact) mass is 198 g/mol. The van der Waals surface area contributed by atoms with Gasteiger partial charge in [0.25, 0.3) is 0 Å². The zero-order valence-electron chi connectivity index (χ0n) is 8.92. The molecule has 0 unspecified atom stereocenters. The summed E-state index contributed by atoms with van der Waals surface area (Å²) in [6.45, 7) is 3.29. The van der Waals surface area contributed by atoms with Gasteiger partial charge in [-0.3, -0.25) is 4.79 Å². The fourth-order valence-electron chi connectivity index (χ4n) is 2.03. The highest BCUT2D eigenvalue weighted by molar-refractivity contribution is 6.45. The van der Waals surface area contributed by atoms with Crippen LogP contribution in [0.25, 0.3) is 0 Å². The normalized spacial score (nSPS) is 27.1. The van der Waals surface area contributed by atoms with Gasteiger partial charge in [-0.05, 0) is 38.5 Å². The molecule has 80 valence electrons. The van der Waals surface area contributed by atoms with E-state index >= 15 is 0 Å². The Kier molecular flexibility index (Phi) is 4.42. The molecule has 1 aliphatic rings. The van der Waals surface area contributed by atoms with Crippen LogP contribution in [0.3, 0.4) is 0 Å². The molecule has 0 aromatic carbocycles. The molecule has 0 aliphatic heterocycles. The smallest absolute Gasteiger partial charge is 0.373 e. The molecule has 1 amide bonds. The van der Waals surface area contributed by atoms with Crippen molar-refractivity contribution in [2.24, 2.45) is 0 Å². The second kappa shape index (κ2) is 5.36. The van der Waals surface area contributed by atoms with Crippen molar-refractivity contribution < 1.29 is 9.82 Å². The first-order valence-corrected chi connectivity index (χ1v) is 5.29. The third kappa shape index (κ3) is 4.11. The van der Waals surface area contributed by atoms with E-state index in [9.17, 15) is 4.79 Å². The first kappa shape index (κ1) is 11.5. The summed E-state index contributed by atoms with van der Waals surface area (Å²) in [5.41, 5.74) is 0. The van der Waals surface area contributed by atoms with Gasteiger partial charge >= 0.3 is 7.05 Å². The summed E-state index contributed by atoms with van der Waals surface area (Å²) in [5, 5.41) is 15.2. The Morgan fingerprint density at radius 2 is 1.79 bits per heavy atom. The molecule has 0 heterocycles. The maximum absolute atomic E-state index is 10.8. The summed E-state index contributed by atoms with van der Waals surface area (Å²) in [6, 6.07) is 0.736. The van der Waals surface area contributed by atoms with Crippen LogP contribution in [0, 0.1) is 0 Å². The van der Waals surface area contributed by atoms with E-state index in [1.807, 2.05) is 0 Å². The van der Waals surface area contributed by atoms with Crippen LogP contribution in [0.2, 0.25) is 6.82 Å². The lowest BCUT2D eigenvalue weighted by atomic mass is 9.82. The maximum atomic E-state index is 10.8. The number of amides is 1. The van der Waals surface area contributed by atoms with Crippen LogP contribution in [-0.2, 0) is 4.79 Å². The summed E-state index contributed by atoms with van der Waals surface area (Å²) in [4.78, 5) is 10.8. The minimum Gasteiger partial charge on any atom is -0.437 e. The molecular weight excluding hydrogens is 179 g/mol. The standard InChI is InChI=1S/C9H19BN2O2/c1-7(13)11-8-3-5-9(6-4-8)12-10(2)14/h8-9,12,14H,3-6H2,1-2H3,(H,11,13)/t8-,9-. The van der Waals surface area contributed by atoms with Crippen LogP contribution in [-0.4, -0.2) is 30.1 Å². The molecule has 0 aromatic rings. The van der Waals surface area contributed by atoms with Crippen molar-refractivity contribution in [2.45, 2.75) is 51.5 Å². The van der Waals surface area contributed by atoms with E-state index in [0.717, 1.165) is 25.7 Å². The van der Waals surface area contributed by atoms with E-state index in [4.69, 9.17) is 5.02 Å². The molecule has 4 nitrogen and oxygen atoms in total. The van der Waals surface area contributed by atoms with Crippen molar-refractivity contribution in [3.05, 3.63) is 0 Å². The quantitative estimate of drug-likeness (QED) is 0.565. The van der Waals surface area contributed by atoms with Crippen molar-refractivity contribution in [3.63, 3.8) is 0 Å². The molecule has 1 saturated carbocycles. The Labute approximate surface area is 85.6 Å². The second-order valence-electron chi connectivity index (χ2n) is 4.09. The number of carbonyl (C=O) groups is 1. The Morgan fingerprint density at radius 3 is 2.21 bits per heavy atom. The molecule has 5 heteroatoms. The van der Waals surface area contributed by atoms with Crippen LogP contribution in [0.4, 0.5) is 0 Å². The maximum Gasteiger partial charge on any atom is 0.373 e. The molecule has 14 heavy (non-hydrogen) atoms. The van der Waals surface area contributed by atoms with Gasteiger partial charge in [-0.1, -0.05) is 0 Å². The number of carbonyl (C=O) groups excluding carboxylic acids is 1. The lowest BCUT2D eigenvalue weighted by molar-refractivity contribution is -0.119. The minimum absolute atomic E-state index is 0.0527. The average Bonchev–Trinajstić information content (AvgIpc) is 2.06. The molecule has 0 spiro atoms. The van der Waals surface area contributed by atoms with Gasteiger partial charge in [-0.25, -0.2) is 0 Å². The molecule has 3 N–H and O–H groups in total. The lowest BCUT2D eigenvalue weighted by Gasteiger charge is -2.29. The fraction of sp³-hybridized carbons (Fsp3) is 0.889. The van der Waals surface area contributed by atoms with Crippen LogP contribution >= 0.6 is 0 Å². The van der Waals surface area contributed by atoms with Gasteiger partial charge in [0.05, 0.1) is 0 Å². The van der Waals surface area contributed by atoms with Crippen LogP contribution < -0.4 is 10.5 Å². The SMILES string of the molecule is CB(O)N[C@H]1CC[C@H](NC(C)=O)CC1. The van der Waals surface area contributed by atoms with E-state index < -0.39 is 7.05 Å². The number of nitrogens with one attached hydrogen (secondary N) is 2. The van der Waals surface area contributed by atoms with Crippen molar-refractivity contribution in [1.82, 2.24) is 10.5 Å². The molecule has 1 rings (SSSR count). The lowest BCUT2D eigenvalue weighted by Crippen LogP contribution is -2.45. The first-order valence-electron chi connectivity index (χ1n) is 5.29. The number of hydrogen-bond donors (Lipinski definition) is 3. The van der Waals surface area contributed by atoms with Crippen molar-refractivity contribution in [3.8, 4) is 0 Å². The highest BCUT2D eigenvalue weighted by atomic mass is 16.2. The Morgan fingerprint density at radius 1 is 1.29 bits per heavy atom. The molecular formula is C9H19BN2O2. The third-order valence-corrected chi connectivity index (χ3v) is 2.61. The predicted octanol–water partition coefficient (Wildman–Crippen LogP) is 0.134. The van der Waals surface area contributed by atoms with E-state index in [1.54, 1.807) is 13.7 Å². The van der Waals surface area contributed by atoms with Gasteiger partial charge in [0.1, 0.15) is 0 Å². The van der Waals surface area contributed by atoms with Gasteiger partial charge < -0.3 is 15.6 Å². The summed E-state index contributed by atoms with van der Waals surface area (Å²) in [5.74, 6) is 0.0527. The van der Waals surface area contributed by atoms with Crippen LogP contribution in [0.15, 0.2) is 0 Å². The van der Waals surface area contributed by atoms with Gasteiger partial charge in [-0.2, -0.15) is 0 Å². The molecule has 0 atom stereocenters. The molecule has 0 saturated heterocycles. The van der Waals surface area contributed by atoms with Gasteiger partial charge in [-0.15, -0.1) is 0 Å². The molecule has 1 aliphatic carbocycles. The first-order chi connectivity index (χ1) is 6.58. The summed E-state index contributed by atoms with van der Waals surface area (Å²) in [6.07, 6.45) is 4.06. The van der Waals surface area contributed by atoms with Gasteiger partial charge in [0, 0.05) is 13.0 Å². The largest absolute Gasteiger partial charge is 0.437 e. The van der Waals surface area contributed by atoms with Crippen LogP contribution in [0.1, 0.15) is 32.6 Å².